The van der Waals surface area contributed by atoms with Crippen molar-refractivity contribution < 1.29 is 13.2 Å². The van der Waals surface area contributed by atoms with Crippen molar-refractivity contribution in [3.63, 3.8) is 0 Å². The SMILES string of the molecule is CCCCCCC(CC)c1nc(C)c2c(=O)[nH]c(-c3cc(S(=O)(=O)N(C)N4CCCCC4)ccc3OCC)nn12. The Hall–Kier alpha value is -2.76. The average Bonchev–Trinajstić information content (AvgIpc) is 3.29. The first-order chi connectivity index (χ1) is 19.2. The highest BCUT2D eigenvalue weighted by Gasteiger charge is 2.29. The number of aromatic nitrogens is 4. The second kappa shape index (κ2) is 13.3. The molecular weight excluding hydrogens is 528 g/mol. The van der Waals surface area contributed by atoms with Crippen molar-refractivity contribution in [2.24, 2.45) is 0 Å². The number of aromatic amines is 1. The van der Waals surface area contributed by atoms with E-state index in [9.17, 15) is 13.2 Å². The van der Waals surface area contributed by atoms with Gasteiger partial charge in [-0.3, -0.25) is 4.79 Å². The van der Waals surface area contributed by atoms with E-state index in [1.54, 1.807) is 29.8 Å². The zero-order valence-electron chi connectivity index (χ0n) is 24.6. The number of hydrogen-bond donors (Lipinski definition) is 1. The Kier molecular flexibility index (Phi) is 10.0. The van der Waals surface area contributed by atoms with Crippen LogP contribution in [0, 0.1) is 6.92 Å². The summed E-state index contributed by atoms with van der Waals surface area (Å²) < 4.78 is 36.1. The number of sulfonamides is 1. The maximum Gasteiger partial charge on any atom is 0.277 e. The summed E-state index contributed by atoms with van der Waals surface area (Å²) >= 11 is 0. The molecule has 1 N–H and O–H groups in total. The van der Waals surface area contributed by atoms with Gasteiger partial charge in [0.05, 0.1) is 22.8 Å². The second-order valence-corrected chi connectivity index (χ2v) is 12.6. The quantitative estimate of drug-likeness (QED) is 0.277. The van der Waals surface area contributed by atoms with Crippen LogP contribution in [0.4, 0.5) is 0 Å². The van der Waals surface area contributed by atoms with E-state index >= 15 is 0 Å². The maximum absolute atomic E-state index is 13.6. The average molecular weight is 573 g/mol. The highest BCUT2D eigenvalue weighted by Crippen LogP contribution is 2.33. The zero-order valence-corrected chi connectivity index (χ0v) is 25.4. The van der Waals surface area contributed by atoms with E-state index < -0.39 is 10.0 Å². The number of hydrazine groups is 1. The van der Waals surface area contributed by atoms with Crippen LogP contribution in [0.3, 0.4) is 0 Å². The molecule has 0 saturated carbocycles. The van der Waals surface area contributed by atoms with Gasteiger partial charge in [0.1, 0.15) is 11.6 Å². The molecule has 0 spiro atoms. The van der Waals surface area contributed by atoms with Gasteiger partial charge >= 0.3 is 0 Å². The minimum atomic E-state index is -3.83. The predicted octanol–water partition coefficient (Wildman–Crippen LogP) is 5.28. The fourth-order valence-corrected chi connectivity index (χ4v) is 6.79. The van der Waals surface area contributed by atoms with Crippen LogP contribution in [0.5, 0.6) is 5.75 Å². The Labute approximate surface area is 237 Å². The molecule has 1 aromatic carbocycles. The Morgan fingerprint density at radius 3 is 2.52 bits per heavy atom. The third kappa shape index (κ3) is 6.26. The Morgan fingerprint density at radius 2 is 1.85 bits per heavy atom. The summed E-state index contributed by atoms with van der Waals surface area (Å²) in [6.07, 6.45) is 9.52. The third-order valence-corrected chi connectivity index (χ3v) is 9.62. The molecule has 3 heterocycles. The van der Waals surface area contributed by atoms with E-state index in [4.69, 9.17) is 14.8 Å². The molecule has 1 fully saturated rings. The van der Waals surface area contributed by atoms with E-state index in [-0.39, 0.29) is 22.2 Å². The molecule has 40 heavy (non-hydrogen) atoms. The summed E-state index contributed by atoms with van der Waals surface area (Å²) in [5.41, 5.74) is 1.15. The van der Waals surface area contributed by atoms with Crippen LogP contribution in [-0.4, -0.2) is 64.2 Å². The van der Waals surface area contributed by atoms with Gasteiger partial charge in [-0.2, -0.15) is 0 Å². The molecule has 0 bridgehead atoms. The van der Waals surface area contributed by atoms with Crippen molar-refractivity contribution in [3.05, 3.63) is 40.1 Å². The summed E-state index contributed by atoms with van der Waals surface area (Å²) in [7, 11) is -2.23. The second-order valence-electron chi connectivity index (χ2n) is 10.6. The van der Waals surface area contributed by atoms with Crippen LogP contribution >= 0.6 is 0 Å². The van der Waals surface area contributed by atoms with Crippen molar-refractivity contribution in [2.45, 2.75) is 96.3 Å². The van der Waals surface area contributed by atoms with E-state index in [1.165, 1.54) is 23.7 Å². The van der Waals surface area contributed by atoms with E-state index in [0.717, 1.165) is 44.3 Å². The first-order valence-corrected chi connectivity index (χ1v) is 16.2. The smallest absolute Gasteiger partial charge is 0.277 e. The number of aryl methyl sites for hydroxylation is 1. The van der Waals surface area contributed by atoms with Crippen LogP contribution in [-0.2, 0) is 10.0 Å². The minimum absolute atomic E-state index is 0.117. The number of ether oxygens (including phenoxy) is 1. The molecule has 0 amide bonds. The summed E-state index contributed by atoms with van der Waals surface area (Å²) in [5.74, 6) is 1.63. The highest BCUT2D eigenvalue weighted by atomic mass is 32.2. The van der Waals surface area contributed by atoms with Crippen molar-refractivity contribution in [1.82, 2.24) is 29.0 Å². The van der Waals surface area contributed by atoms with Crippen LogP contribution in [0.25, 0.3) is 16.9 Å². The lowest BCUT2D eigenvalue weighted by Gasteiger charge is -2.33. The normalized spacial score (nSPS) is 15.7. The Bertz CT molecular complexity index is 1460. The van der Waals surface area contributed by atoms with Gasteiger partial charge < -0.3 is 9.72 Å². The molecule has 3 aromatic rings. The number of piperidine rings is 1. The monoisotopic (exact) mass is 572 g/mol. The molecular formula is C29H44N6O4S. The number of hydrogen-bond acceptors (Lipinski definition) is 7. The predicted molar refractivity (Wildman–Crippen MR) is 157 cm³/mol. The van der Waals surface area contributed by atoms with Crippen molar-refractivity contribution >= 4 is 15.5 Å². The molecule has 4 rings (SSSR count). The van der Waals surface area contributed by atoms with Crippen LogP contribution in [0.2, 0.25) is 0 Å². The summed E-state index contributed by atoms with van der Waals surface area (Å²) in [4.78, 5) is 21.1. The molecule has 1 aliphatic rings. The van der Waals surface area contributed by atoms with Gasteiger partial charge in [-0.25, -0.2) is 22.9 Å². The third-order valence-electron chi connectivity index (χ3n) is 7.85. The number of rotatable bonds is 13. The van der Waals surface area contributed by atoms with Gasteiger partial charge in [-0.15, -0.1) is 9.51 Å². The van der Waals surface area contributed by atoms with Crippen molar-refractivity contribution in [1.29, 1.82) is 0 Å². The topological polar surface area (TPSA) is 113 Å². The van der Waals surface area contributed by atoms with Gasteiger partial charge in [0, 0.05) is 26.1 Å². The van der Waals surface area contributed by atoms with Crippen molar-refractivity contribution in [2.75, 3.05) is 26.7 Å². The van der Waals surface area contributed by atoms with Gasteiger partial charge in [0.2, 0.25) is 0 Å². The van der Waals surface area contributed by atoms with Gasteiger partial charge in [-0.05, 0) is 57.7 Å². The van der Waals surface area contributed by atoms with E-state index in [0.29, 0.717) is 42.2 Å². The lowest BCUT2D eigenvalue weighted by Crippen LogP contribution is -2.46. The standard InChI is InChI=1S/C29H44N6O4S/c1-6-9-10-12-15-22(7-2)28-30-21(4)26-29(36)31-27(32-35(26)28)24-20-23(16-17-25(24)39-8-3)40(37,38)33(5)34-18-13-11-14-19-34/h16-17,20,22H,6-15,18-19H2,1-5H3,(H,31,32,36). The number of nitrogens with zero attached hydrogens (tertiary/aromatic N) is 5. The number of benzene rings is 1. The number of H-pyrrole nitrogens is 1. The molecule has 10 nitrogen and oxygen atoms in total. The fraction of sp³-hybridized carbons (Fsp3) is 0.621. The number of unbranched alkanes of at least 4 members (excludes halogenated alkanes) is 3. The summed E-state index contributed by atoms with van der Waals surface area (Å²) in [6, 6.07) is 4.75. The van der Waals surface area contributed by atoms with Crippen molar-refractivity contribution in [3.8, 4) is 17.1 Å². The highest BCUT2D eigenvalue weighted by molar-refractivity contribution is 7.89. The molecule has 1 unspecified atom stereocenters. The van der Waals surface area contributed by atoms with Gasteiger partial charge in [0.15, 0.2) is 11.3 Å². The molecule has 2 aromatic heterocycles. The first kappa shape index (κ1) is 30.2. The van der Waals surface area contributed by atoms with Crippen LogP contribution in [0.15, 0.2) is 27.9 Å². The molecule has 11 heteroatoms. The van der Waals surface area contributed by atoms with E-state index in [2.05, 4.69) is 18.8 Å². The molecule has 220 valence electrons. The Morgan fingerprint density at radius 1 is 1.10 bits per heavy atom. The van der Waals surface area contributed by atoms with Crippen LogP contribution < -0.4 is 10.3 Å². The molecule has 1 saturated heterocycles. The summed E-state index contributed by atoms with van der Waals surface area (Å²) in [6.45, 7) is 9.80. The molecule has 1 aliphatic heterocycles. The number of nitrogens with one attached hydrogen (secondary N) is 1. The first-order valence-electron chi connectivity index (χ1n) is 14.7. The summed E-state index contributed by atoms with van der Waals surface area (Å²) in [5, 5.41) is 6.71. The maximum atomic E-state index is 13.6. The zero-order chi connectivity index (χ0) is 28.9. The van der Waals surface area contributed by atoms with Crippen LogP contribution in [0.1, 0.15) is 96.0 Å². The van der Waals surface area contributed by atoms with E-state index in [1.807, 2.05) is 18.9 Å². The number of fused-ring (bicyclic) bond motifs is 1. The molecule has 0 radical (unpaired) electrons. The van der Waals surface area contributed by atoms with Gasteiger partial charge in [0.25, 0.3) is 15.6 Å². The lowest BCUT2D eigenvalue weighted by atomic mass is 9.97. The largest absolute Gasteiger partial charge is 0.493 e. The lowest BCUT2D eigenvalue weighted by molar-refractivity contribution is 0.0609. The van der Waals surface area contributed by atoms with Gasteiger partial charge in [-0.1, -0.05) is 46.0 Å². The Balaban J connectivity index is 1.79. The minimum Gasteiger partial charge on any atom is -0.493 e. The molecule has 0 aliphatic carbocycles. The fourth-order valence-electron chi connectivity index (χ4n) is 5.51. The molecule has 1 atom stereocenters. The number of imidazole rings is 1.